The molecule has 0 unspecified atom stereocenters. The number of rotatable bonds is 6. The number of amides is 1. The normalized spacial score (nSPS) is 11.3. The van der Waals surface area contributed by atoms with Crippen molar-refractivity contribution in [3.63, 3.8) is 0 Å². The molecule has 0 radical (unpaired) electrons. The summed E-state index contributed by atoms with van der Waals surface area (Å²) < 4.78 is 5.68. The molecule has 112 valence electrons. The Morgan fingerprint density at radius 2 is 2.00 bits per heavy atom. The second kappa shape index (κ2) is 7.14. The molecular weight excluding hydrogens is 278 g/mol. The Hall–Kier alpha value is -3.00. The van der Waals surface area contributed by atoms with Crippen LogP contribution in [0.15, 0.2) is 48.5 Å². The Kier molecular flexibility index (Phi) is 4.99. The van der Waals surface area contributed by atoms with Gasteiger partial charge in [0.05, 0.1) is 11.6 Å². The molecule has 0 aromatic heterocycles. The molecule has 2 rings (SSSR count). The van der Waals surface area contributed by atoms with Gasteiger partial charge in [-0.15, -0.1) is 0 Å². The molecule has 2 aromatic rings. The van der Waals surface area contributed by atoms with Gasteiger partial charge in [-0.05, 0) is 48.9 Å². The summed E-state index contributed by atoms with van der Waals surface area (Å²) in [5.41, 5.74) is 6.64. The number of primary amides is 1. The fourth-order valence-electron chi connectivity index (χ4n) is 1.96. The Morgan fingerprint density at radius 3 is 2.59 bits per heavy atom. The zero-order valence-electron chi connectivity index (χ0n) is 12.2. The Bertz CT molecular complexity index is 690. The Balaban J connectivity index is 2.05. The van der Waals surface area contributed by atoms with Gasteiger partial charge in [0.15, 0.2) is 0 Å². The van der Waals surface area contributed by atoms with E-state index in [1.54, 1.807) is 36.4 Å². The van der Waals surface area contributed by atoms with Gasteiger partial charge in [0.25, 0.3) is 0 Å². The number of benzene rings is 2. The van der Waals surface area contributed by atoms with Gasteiger partial charge in [0, 0.05) is 5.69 Å². The maximum atomic E-state index is 11.2. The summed E-state index contributed by atoms with van der Waals surface area (Å²) in [7, 11) is 0. The topological polar surface area (TPSA) is 88.1 Å². The van der Waals surface area contributed by atoms with Gasteiger partial charge in [-0.2, -0.15) is 5.26 Å². The first-order valence-corrected chi connectivity index (χ1v) is 6.96. The van der Waals surface area contributed by atoms with Crippen LogP contribution in [0.1, 0.15) is 18.9 Å². The highest BCUT2D eigenvalue weighted by Gasteiger charge is 2.11. The lowest BCUT2D eigenvalue weighted by Gasteiger charge is -2.15. The first-order valence-electron chi connectivity index (χ1n) is 6.96. The molecule has 5 nitrogen and oxygen atoms in total. The third-order valence-electron chi connectivity index (χ3n) is 3.15. The number of hydrogen-bond donors (Lipinski definition) is 2. The highest BCUT2D eigenvalue weighted by atomic mass is 16.5. The molecule has 0 fully saturated rings. The van der Waals surface area contributed by atoms with Gasteiger partial charge >= 0.3 is 0 Å². The molecule has 0 spiro atoms. The van der Waals surface area contributed by atoms with E-state index >= 15 is 0 Å². The van der Waals surface area contributed by atoms with E-state index < -0.39 is 0 Å². The second-order valence-corrected chi connectivity index (χ2v) is 4.77. The van der Waals surface area contributed by atoms with E-state index in [-0.39, 0.29) is 11.9 Å². The maximum Gasteiger partial charge on any atom is 0.239 e. The average molecular weight is 295 g/mol. The Morgan fingerprint density at radius 1 is 1.27 bits per heavy atom. The molecule has 5 heteroatoms. The van der Waals surface area contributed by atoms with Crippen LogP contribution in [0, 0.1) is 11.3 Å². The molecule has 0 aliphatic carbocycles. The standard InChI is InChI=1S/C17H17N3O2/c1-2-16(17(19)21)20-13-6-8-14(9-7-13)22-15-5-3-4-12(10-15)11-18/h3-10,16,20H,2H2,1H3,(H2,19,21)/t16-/m0/s1. The van der Waals surface area contributed by atoms with Crippen LogP contribution in [0.2, 0.25) is 0 Å². The van der Waals surface area contributed by atoms with E-state index in [0.717, 1.165) is 5.69 Å². The number of ether oxygens (including phenoxy) is 1. The highest BCUT2D eigenvalue weighted by molar-refractivity contribution is 5.82. The van der Waals surface area contributed by atoms with Crippen molar-refractivity contribution in [2.24, 2.45) is 5.73 Å². The van der Waals surface area contributed by atoms with Gasteiger partial charge in [-0.25, -0.2) is 0 Å². The molecule has 1 atom stereocenters. The van der Waals surface area contributed by atoms with Crippen LogP contribution in [0.3, 0.4) is 0 Å². The van der Waals surface area contributed by atoms with Crippen LogP contribution in [-0.2, 0) is 4.79 Å². The summed E-state index contributed by atoms with van der Waals surface area (Å²) in [5.74, 6) is 0.868. The van der Waals surface area contributed by atoms with Gasteiger partial charge < -0.3 is 15.8 Å². The van der Waals surface area contributed by atoms with Gasteiger partial charge in [-0.1, -0.05) is 13.0 Å². The average Bonchev–Trinajstić information content (AvgIpc) is 2.54. The largest absolute Gasteiger partial charge is 0.457 e. The molecule has 0 aliphatic heterocycles. The number of carbonyl (C=O) groups excluding carboxylic acids is 1. The second-order valence-electron chi connectivity index (χ2n) is 4.77. The van der Waals surface area contributed by atoms with Crippen molar-refractivity contribution < 1.29 is 9.53 Å². The summed E-state index contributed by atoms with van der Waals surface area (Å²) in [4.78, 5) is 11.2. The minimum absolute atomic E-state index is 0.379. The molecule has 22 heavy (non-hydrogen) atoms. The summed E-state index contributed by atoms with van der Waals surface area (Å²) in [6.45, 7) is 1.89. The number of nitrogens with one attached hydrogen (secondary N) is 1. The fraction of sp³-hybridized carbons (Fsp3) is 0.176. The number of carbonyl (C=O) groups is 1. The van der Waals surface area contributed by atoms with Crippen molar-refractivity contribution in [2.45, 2.75) is 19.4 Å². The molecular formula is C17H17N3O2. The molecule has 3 N–H and O–H groups in total. The first kappa shape index (κ1) is 15.4. The van der Waals surface area contributed by atoms with E-state index in [1.807, 2.05) is 19.1 Å². The van der Waals surface area contributed by atoms with Crippen molar-refractivity contribution in [1.82, 2.24) is 0 Å². The number of nitriles is 1. The lowest BCUT2D eigenvalue weighted by Crippen LogP contribution is -2.34. The zero-order chi connectivity index (χ0) is 15.9. The third-order valence-corrected chi connectivity index (χ3v) is 3.15. The van der Waals surface area contributed by atoms with Crippen LogP contribution in [-0.4, -0.2) is 11.9 Å². The molecule has 0 heterocycles. The lowest BCUT2D eigenvalue weighted by molar-refractivity contribution is -0.118. The predicted molar refractivity (Wildman–Crippen MR) is 84.6 cm³/mol. The first-order chi connectivity index (χ1) is 10.6. The number of anilines is 1. The molecule has 0 aliphatic rings. The molecule has 2 aromatic carbocycles. The van der Waals surface area contributed by atoms with Gasteiger partial charge in [0.2, 0.25) is 5.91 Å². The van der Waals surface area contributed by atoms with Crippen molar-refractivity contribution >= 4 is 11.6 Å². The van der Waals surface area contributed by atoms with E-state index in [0.29, 0.717) is 23.5 Å². The monoisotopic (exact) mass is 295 g/mol. The molecule has 0 bridgehead atoms. The maximum absolute atomic E-state index is 11.2. The van der Waals surface area contributed by atoms with Crippen LogP contribution >= 0.6 is 0 Å². The minimum Gasteiger partial charge on any atom is -0.457 e. The van der Waals surface area contributed by atoms with Crippen molar-refractivity contribution in [1.29, 1.82) is 5.26 Å². The SMILES string of the molecule is CC[C@H](Nc1ccc(Oc2cccc(C#N)c2)cc1)C(N)=O. The smallest absolute Gasteiger partial charge is 0.239 e. The molecule has 0 saturated carbocycles. The fourth-order valence-corrected chi connectivity index (χ4v) is 1.96. The third kappa shape index (κ3) is 4.00. The van der Waals surface area contributed by atoms with E-state index in [1.165, 1.54) is 0 Å². The summed E-state index contributed by atoms with van der Waals surface area (Å²) >= 11 is 0. The lowest BCUT2D eigenvalue weighted by atomic mass is 10.2. The van der Waals surface area contributed by atoms with Crippen molar-refractivity contribution in [3.8, 4) is 17.6 Å². The van der Waals surface area contributed by atoms with E-state index in [2.05, 4.69) is 11.4 Å². The minimum atomic E-state index is -0.390. The number of nitrogens with two attached hydrogens (primary N) is 1. The van der Waals surface area contributed by atoms with Crippen molar-refractivity contribution in [2.75, 3.05) is 5.32 Å². The summed E-state index contributed by atoms with van der Waals surface area (Å²) in [6.07, 6.45) is 0.620. The van der Waals surface area contributed by atoms with Crippen molar-refractivity contribution in [3.05, 3.63) is 54.1 Å². The van der Waals surface area contributed by atoms with E-state index in [4.69, 9.17) is 15.7 Å². The predicted octanol–water partition coefficient (Wildman–Crippen LogP) is 3.03. The van der Waals surface area contributed by atoms with Crippen LogP contribution in [0.5, 0.6) is 11.5 Å². The number of hydrogen-bond acceptors (Lipinski definition) is 4. The molecule has 0 saturated heterocycles. The highest BCUT2D eigenvalue weighted by Crippen LogP contribution is 2.24. The number of nitrogens with zero attached hydrogens (tertiary/aromatic N) is 1. The van der Waals surface area contributed by atoms with Gasteiger partial charge in [0.1, 0.15) is 17.5 Å². The van der Waals surface area contributed by atoms with Crippen LogP contribution in [0.4, 0.5) is 5.69 Å². The summed E-state index contributed by atoms with van der Waals surface area (Å²) in [5, 5.41) is 11.9. The van der Waals surface area contributed by atoms with E-state index in [9.17, 15) is 4.79 Å². The van der Waals surface area contributed by atoms with Crippen LogP contribution < -0.4 is 15.8 Å². The molecule has 1 amide bonds. The van der Waals surface area contributed by atoms with Gasteiger partial charge in [-0.3, -0.25) is 4.79 Å². The zero-order valence-corrected chi connectivity index (χ0v) is 12.2. The van der Waals surface area contributed by atoms with Crippen LogP contribution in [0.25, 0.3) is 0 Å². The Labute approximate surface area is 129 Å². The quantitative estimate of drug-likeness (QED) is 0.857. The summed E-state index contributed by atoms with van der Waals surface area (Å²) in [6, 6.07) is 15.8.